The Morgan fingerprint density at radius 3 is 3.08 bits per heavy atom. The van der Waals surface area contributed by atoms with Crippen molar-refractivity contribution in [2.45, 2.75) is 32.0 Å². The lowest BCUT2D eigenvalue weighted by molar-refractivity contribution is -0.0985. The Kier molecular flexibility index (Phi) is 3.56. The number of allylic oxidation sites excluding steroid dienone is 1. The van der Waals surface area contributed by atoms with Crippen molar-refractivity contribution >= 4 is 0 Å². The van der Waals surface area contributed by atoms with Gasteiger partial charge >= 0.3 is 0 Å². The van der Waals surface area contributed by atoms with Crippen LogP contribution >= 0.6 is 0 Å². The molecule has 1 aliphatic rings. The minimum Gasteiger partial charge on any atom is -0.496 e. The third kappa shape index (κ3) is 2.83. The normalized spacial score (nSPS) is 29.8. The van der Waals surface area contributed by atoms with Crippen LogP contribution in [0.4, 0.5) is 0 Å². The summed E-state index contributed by atoms with van der Waals surface area (Å²) < 4.78 is 10.5. The van der Waals surface area contributed by atoms with Gasteiger partial charge in [-0.25, -0.2) is 0 Å². The van der Waals surface area contributed by atoms with Crippen molar-refractivity contribution in [3.05, 3.63) is 12.3 Å². The molecule has 2 atom stereocenters. The molecular formula is C9H16O3. The molecule has 1 rings (SSSR count). The summed E-state index contributed by atoms with van der Waals surface area (Å²) in [6, 6.07) is 0. The molecule has 12 heavy (non-hydrogen) atoms. The van der Waals surface area contributed by atoms with E-state index in [-0.39, 0.29) is 12.2 Å². The average Bonchev–Trinajstić information content (AvgIpc) is 2.03. The van der Waals surface area contributed by atoms with Gasteiger partial charge in [0.05, 0.1) is 11.9 Å². The Morgan fingerprint density at radius 2 is 2.50 bits per heavy atom. The second kappa shape index (κ2) is 4.48. The van der Waals surface area contributed by atoms with E-state index in [0.29, 0.717) is 12.4 Å². The molecular weight excluding hydrogens is 156 g/mol. The third-order valence-corrected chi connectivity index (χ3v) is 1.90. The Balaban J connectivity index is 2.24. The Morgan fingerprint density at radius 1 is 1.75 bits per heavy atom. The summed E-state index contributed by atoms with van der Waals surface area (Å²) in [4.78, 5) is 0. The average molecular weight is 172 g/mol. The molecule has 0 spiro atoms. The van der Waals surface area contributed by atoms with Gasteiger partial charge in [-0.1, -0.05) is 6.58 Å². The molecule has 1 heterocycles. The lowest BCUT2D eigenvalue weighted by atomic mass is 10.1. The van der Waals surface area contributed by atoms with Crippen LogP contribution < -0.4 is 0 Å². The topological polar surface area (TPSA) is 38.7 Å². The van der Waals surface area contributed by atoms with Crippen LogP contribution in [0, 0.1) is 0 Å². The van der Waals surface area contributed by atoms with Crippen molar-refractivity contribution < 1.29 is 14.6 Å². The van der Waals surface area contributed by atoms with Gasteiger partial charge in [0.1, 0.15) is 12.7 Å². The molecule has 1 aliphatic heterocycles. The molecule has 1 saturated heterocycles. The van der Waals surface area contributed by atoms with Gasteiger partial charge in [0.25, 0.3) is 0 Å². The molecule has 70 valence electrons. The zero-order chi connectivity index (χ0) is 8.97. The standard InChI is InChI=1S/C9H16O3/c1-7(2)12-6-9-8(10)4-3-5-11-9/h8-10H,1,3-6H2,2H3. The molecule has 0 saturated carbocycles. The summed E-state index contributed by atoms with van der Waals surface area (Å²) in [5.41, 5.74) is 0. The molecule has 3 heteroatoms. The summed E-state index contributed by atoms with van der Waals surface area (Å²) in [7, 11) is 0. The van der Waals surface area contributed by atoms with Crippen molar-refractivity contribution in [1.82, 2.24) is 0 Å². The van der Waals surface area contributed by atoms with Crippen molar-refractivity contribution in [2.75, 3.05) is 13.2 Å². The zero-order valence-electron chi connectivity index (χ0n) is 7.45. The van der Waals surface area contributed by atoms with Gasteiger partial charge in [-0.15, -0.1) is 0 Å². The minimum absolute atomic E-state index is 0.171. The van der Waals surface area contributed by atoms with Crippen molar-refractivity contribution in [3.63, 3.8) is 0 Å². The monoisotopic (exact) mass is 172 g/mol. The number of hydrogen-bond donors (Lipinski definition) is 1. The molecule has 3 nitrogen and oxygen atoms in total. The van der Waals surface area contributed by atoms with Gasteiger partial charge in [0.15, 0.2) is 0 Å². The van der Waals surface area contributed by atoms with E-state index in [2.05, 4.69) is 6.58 Å². The van der Waals surface area contributed by atoms with Crippen LogP contribution in [0.1, 0.15) is 19.8 Å². The van der Waals surface area contributed by atoms with Gasteiger partial charge in [-0.3, -0.25) is 0 Å². The van der Waals surface area contributed by atoms with E-state index in [1.165, 1.54) is 0 Å². The number of ether oxygens (including phenoxy) is 2. The van der Waals surface area contributed by atoms with Crippen LogP contribution in [-0.2, 0) is 9.47 Å². The van der Waals surface area contributed by atoms with Crippen LogP contribution in [0.3, 0.4) is 0 Å². The summed E-state index contributed by atoms with van der Waals surface area (Å²) >= 11 is 0. The SMILES string of the molecule is C=C(C)OCC1OCCCC1O. The molecule has 0 aromatic heterocycles. The van der Waals surface area contributed by atoms with E-state index >= 15 is 0 Å². The fraction of sp³-hybridized carbons (Fsp3) is 0.778. The summed E-state index contributed by atoms with van der Waals surface area (Å²) in [5.74, 6) is 0.663. The van der Waals surface area contributed by atoms with Gasteiger partial charge < -0.3 is 14.6 Å². The Hall–Kier alpha value is -0.540. The van der Waals surface area contributed by atoms with Crippen LogP contribution in [0.5, 0.6) is 0 Å². The lowest BCUT2D eigenvalue weighted by Crippen LogP contribution is -2.37. The van der Waals surface area contributed by atoms with E-state index in [1.807, 2.05) is 0 Å². The smallest absolute Gasteiger partial charge is 0.117 e. The molecule has 1 N–H and O–H groups in total. The fourth-order valence-electron chi connectivity index (χ4n) is 1.21. The molecule has 0 amide bonds. The first kappa shape index (κ1) is 9.55. The maximum atomic E-state index is 9.45. The highest BCUT2D eigenvalue weighted by Gasteiger charge is 2.24. The van der Waals surface area contributed by atoms with Crippen molar-refractivity contribution in [1.29, 1.82) is 0 Å². The summed E-state index contributed by atoms with van der Waals surface area (Å²) in [6.45, 7) is 6.53. The van der Waals surface area contributed by atoms with Gasteiger partial charge in [-0.05, 0) is 19.8 Å². The van der Waals surface area contributed by atoms with Crippen LogP contribution in [0.2, 0.25) is 0 Å². The highest BCUT2D eigenvalue weighted by Crippen LogP contribution is 2.14. The maximum Gasteiger partial charge on any atom is 0.117 e. The van der Waals surface area contributed by atoms with Gasteiger partial charge in [-0.2, -0.15) is 0 Å². The van der Waals surface area contributed by atoms with Gasteiger partial charge in [0, 0.05) is 6.61 Å². The highest BCUT2D eigenvalue weighted by atomic mass is 16.5. The largest absolute Gasteiger partial charge is 0.496 e. The number of aliphatic hydroxyl groups is 1. The second-order valence-electron chi connectivity index (χ2n) is 3.13. The van der Waals surface area contributed by atoms with E-state index < -0.39 is 0 Å². The van der Waals surface area contributed by atoms with E-state index in [1.54, 1.807) is 6.92 Å². The molecule has 1 fully saturated rings. The zero-order valence-corrected chi connectivity index (χ0v) is 7.45. The number of aliphatic hydroxyl groups excluding tert-OH is 1. The van der Waals surface area contributed by atoms with Crippen molar-refractivity contribution in [2.24, 2.45) is 0 Å². The van der Waals surface area contributed by atoms with E-state index in [4.69, 9.17) is 9.47 Å². The minimum atomic E-state index is -0.377. The Labute approximate surface area is 73.0 Å². The number of hydrogen-bond acceptors (Lipinski definition) is 3. The molecule has 0 aliphatic carbocycles. The first-order chi connectivity index (χ1) is 5.70. The quantitative estimate of drug-likeness (QED) is 0.647. The number of rotatable bonds is 3. The molecule has 2 unspecified atom stereocenters. The second-order valence-corrected chi connectivity index (χ2v) is 3.13. The van der Waals surface area contributed by atoms with Crippen LogP contribution in [0.15, 0.2) is 12.3 Å². The fourth-order valence-corrected chi connectivity index (χ4v) is 1.21. The Bertz CT molecular complexity index is 156. The summed E-state index contributed by atoms with van der Waals surface area (Å²) in [6.07, 6.45) is 1.20. The molecule has 0 aromatic carbocycles. The van der Waals surface area contributed by atoms with E-state index in [0.717, 1.165) is 19.4 Å². The van der Waals surface area contributed by atoms with E-state index in [9.17, 15) is 5.11 Å². The predicted octanol–water partition coefficient (Wildman–Crippen LogP) is 1.08. The molecule has 0 bridgehead atoms. The lowest BCUT2D eigenvalue weighted by Gasteiger charge is -2.27. The summed E-state index contributed by atoms with van der Waals surface area (Å²) in [5, 5.41) is 9.45. The van der Waals surface area contributed by atoms with Crippen LogP contribution in [0.25, 0.3) is 0 Å². The maximum absolute atomic E-state index is 9.45. The van der Waals surface area contributed by atoms with Crippen molar-refractivity contribution in [3.8, 4) is 0 Å². The molecule has 0 radical (unpaired) electrons. The predicted molar refractivity (Wildman–Crippen MR) is 45.7 cm³/mol. The van der Waals surface area contributed by atoms with Gasteiger partial charge in [0.2, 0.25) is 0 Å². The highest BCUT2D eigenvalue weighted by molar-refractivity contribution is 4.78. The molecule has 0 aromatic rings. The first-order valence-electron chi connectivity index (χ1n) is 4.28. The third-order valence-electron chi connectivity index (χ3n) is 1.90. The van der Waals surface area contributed by atoms with Crippen LogP contribution in [-0.4, -0.2) is 30.5 Å². The first-order valence-corrected chi connectivity index (χ1v) is 4.28.